The summed E-state index contributed by atoms with van der Waals surface area (Å²) < 4.78 is 5.07. The number of amides is 1. The van der Waals surface area contributed by atoms with Crippen molar-refractivity contribution in [1.82, 2.24) is 9.97 Å². The summed E-state index contributed by atoms with van der Waals surface area (Å²) in [6, 6.07) is 2.84. The minimum absolute atomic E-state index is 0.180. The summed E-state index contributed by atoms with van der Waals surface area (Å²) in [6.07, 6.45) is 0.441. The molecule has 110 valence electrons. The SMILES string of the molecule is Cc1csc(NC(=O)C(C)OC(=O)c2ccnc(Cl)c2)n1. The van der Waals surface area contributed by atoms with Crippen LogP contribution < -0.4 is 5.32 Å². The summed E-state index contributed by atoms with van der Waals surface area (Å²) in [5.41, 5.74) is 1.05. The van der Waals surface area contributed by atoms with E-state index in [0.29, 0.717) is 5.13 Å². The molecule has 21 heavy (non-hydrogen) atoms. The maximum Gasteiger partial charge on any atom is 0.339 e. The Labute approximate surface area is 130 Å². The van der Waals surface area contributed by atoms with Crippen molar-refractivity contribution in [1.29, 1.82) is 0 Å². The first-order valence-electron chi connectivity index (χ1n) is 6.01. The van der Waals surface area contributed by atoms with Crippen LogP contribution in [0.2, 0.25) is 5.15 Å². The molecule has 0 saturated carbocycles. The lowest BCUT2D eigenvalue weighted by molar-refractivity contribution is -0.123. The third-order valence-corrected chi connectivity index (χ3v) is 3.55. The van der Waals surface area contributed by atoms with Gasteiger partial charge in [-0.2, -0.15) is 0 Å². The largest absolute Gasteiger partial charge is 0.449 e. The molecule has 1 atom stereocenters. The normalized spacial score (nSPS) is 11.8. The zero-order chi connectivity index (χ0) is 15.4. The van der Waals surface area contributed by atoms with Crippen molar-refractivity contribution in [2.45, 2.75) is 20.0 Å². The molecule has 8 heteroatoms. The summed E-state index contributed by atoms with van der Waals surface area (Å²) >= 11 is 7.00. The van der Waals surface area contributed by atoms with Gasteiger partial charge in [0.15, 0.2) is 11.2 Å². The minimum Gasteiger partial charge on any atom is -0.449 e. The molecule has 1 unspecified atom stereocenters. The van der Waals surface area contributed by atoms with Crippen LogP contribution in [0.5, 0.6) is 0 Å². The quantitative estimate of drug-likeness (QED) is 0.690. The number of hydrogen-bond acceptors (Lipinski definition) is 6. The van der Waals surface area contributed by atoms with E-state index in [0.717, 1.165) is 5.69 Å². The van der Waals surface area contributed by atoms with Crippen LogP contribution in [-0.2, 0) is 9.53 Å². The van der Waals surface area contributed by atoms with E-state index in [9.17, 15) is 9.59 Å². The van der Waals surface area contributed by atoms with Crippen LogP contribution in [0.3, 0.4) is 0 Å². The zero-order valence-electron chi connectivity index (χ0n) is 11.3. The average Bonchev–Trinajstić information content (AvgIpc) is 2.84. The molecular formula is C13H12ClN3O3S. The van der Waals surface area contributed by atoms with Gasteiger partial charge in [0.25, 0.3) is 5.91 Å². The van der Waals surface area contributed by atoms with E-state index >= 15 is 0 Å². The van der Waals surface area contributed by atoms with E-state index in [2.05, 4.69) is 15.3 Å². The third kappa shape index (κ3) is 4.24. The first-order valence-corrected chi connectivity index (χ1v) is 7.27. The van der Waals surface area contributed by atoms with E-state index in [4.69, 9.17) is 16.3 Å². The van der Waals surface area contributed by atoms with Crippen LogP contribution in [0.15, 0.2) is 23.7 Å². The lowest BCUT2D eigenvalue weighted by Gasteiger charge is -2.12. The Kier molecular flexibility index (Phi) is 4.87. The Bertz CT molecular complexity index is 674. The maximum atomic E-state index is 11.9. The number of esters is 1. The highest BCUT2D eigenvalue weighted by molar-refractivity contribution is 7.13. The number of nitrogens with zero attached hydrogens (tertiary/aromatic N) is 2. The van der Waals surface area contributed by atoms with E-state index in [1.807, 2.05) is 12.3 Å². The van der Waals surface area contributed by atoms with Gasteiger partial charge in [-0.25, -0.2) is 14.8 Å². The number of anilines is 1. The van der Waals surface area contributed by atoms with Crippen LogP contribution in [0.1, 0.15) is 23.0 Å². The third-order valence-electron chi connectivity index (χ3n) is 2.46. The Morgan fingerprint density at radius 3 is 2.86 bits per heavy atom. The molecule has 6 nitrogen and oxygen atoms in total. The minimum atomic E-state index is -0.950. The van der Waals surface area contributed by atoms with Gasteiger partial charge in [0.2, 0.25) is 0 Å². The van der Waals surface area contributed by atoms with E-state index < -0.39 is 18.0 Å². The monoisotopic (exact) mass is 325 g/mol. The number of halogens is 1. The molecule has 0 spiro atoms. The Morgan fingerprint density at radius 1 is 1.48 bits per heavy atom. The second-order valence-electron chi connectivity index (χ2n) is 4.20. The van der Waals surface area contributed by atoms with Crippen molar-refractivity contribution in [3.8, 4) is 0 Å². The van der Waals surface area contributed by atoms with Crippen molar-refractivity contribution < 1.29 is 14.3 Å². The predicted molar refractivity (Wildman–Crippen MR) is 79.6 cm³/mol. The van der Waals surface area contributed by atoms with E-state index in [1.165, 1.54) is 36.6 Å². The van der Waals surface area contributed by atoms with Gasteiger partial charge in [-0.15, -0.1) is 11.3 Å². The molecule has 2 aromatic heterocycles. The highest BCUT2D eigenvalue weighted by atomic mass is 35.5. The van der Waals surface area contributed by atoms with Crippen LogP contribution in [0.4, 0.5) is 5.13 Å². The van der Waals surface area contributed by atoms with Crippen LogP contribution >= 0.6 is 22.9 Å². The molecule has 0 aliphatic carbocycles. The number of rotatable bonds is 4. The standard InChI is InChI=1S/C13H12ClN3O3S/c1-7-6-21-13(16-7)17-11(18)8(2)20-12(19)9-3-4-15-10(14)5-9/h3-6,8H,1-2H3,(H,16,17,18). The first kappa shape index (κ1) is 15.4. The molecule has 0 bridgehead atoms. The second kappa shape index (κ2) is 6.64. The molecule has 1 amide bonds. The molecule has 1 N–H and O–H groups in total. The maximum absolute atomic E-state index is 11.9. The summed E-state index contributed by atoms with van der Waals surface area (Å²) in [6.45, 7) is 3.30. The van der Waals surface area contributed by atoms with Crippen molar-refractivity contribution in [2.75, 3.05) is 5.32 Å². The molecule has 0 radical (unpaired) electrons. The predicted octanol–water partition coefficient (Wildman–Crippen LogP) is 2.68. The Morgan fingerprint density at radius 2 is 2.24 bits per heavy atom. The van der Waals surface area contributed by atoms with Crippen molar-refractivity contribution >= 4 is 39.9 Å². The number of pyridine rings is 1. The molecule has 0 aliphatic heterocycles. The van der Waals surface area contributed by atoms with Crippen LogP contribution in [0, 0.1) is 6.92 Å². The fourth-order valence-corrected chi connectivity index (χ4v) is 2.29. The zero-order valence-corrected chi connectivity index (χ0v) is 12.9. The molecule has 2 rings (SSSR count). The molecular weight excluding hydrogens is 314 g/mol. The topological polar surface area (TPSA) is 81.2 Å². The van der Waals surface area contributed by atoms with Gasteiger partial charge in [0.1, 0.15) is 5.15 Å². The van der Waals surface area contributed by atoms with Gasteiger partial charge in [0.05, 0.1) is 11.3 Å². The van der Waals surface area contributed by atoms with Crippen molar-refractivity contribution in [3.05, 3.63) is 40.1 Å². The Balaban J connectivity index is 1.95. The molecule has 0 aliphatic rings. The van der Waals surface area contributed by atoms with Gasteiger partial charge in [-0.3, -0.25) is 10.1 Å². The number of thiazole rings is 1. The molecule has 2 aromatic rings. The second-order valence-corrected chi connectivity index (χ2v) is 5.44. The lowest BCUT2D eigenvalue weighted by Crippen LogP contribution is -2.30. The molecule has 0 fully saturated rings. The lowest BCUT2D eigenvalue weighted by atomic mass is 10.3. The van der Waals surface area contributed by atoms with Crippen molar-refractivity contribution in [2.24, 2.45) is 0 Å². The van der Waals surface area contributed by atoms with E-state index in [1.54, 1.807) is 0 Å². The van der Waals surface area contributed by atoms with Gasteiger partial charge in [-0.1, -0.05) is 11.6 Å². The van der Waals surface area contributed by atoms with E-state index in [-0.39, 0.29) is 10.7 Å². The number of nitrogens with one attached hydrogen (secondary N) is 1. The van der Waals surface area contributed by atoms with Crippen molar-refractivity contribution in [3.63, 3.8) is 0 Å². The van der Waals surface area contributed by atoms with Crippen LogP contribution in [0.25, 0.3) is 0 Å². The fourth-order valence-electron chi connectivity index (χ4n) is 1.43. The van der Waals surface area contributed by atoms with Gasteiger partial charge in [-0.05, 0) is 26.0 Å². The summed E-state index contributed by atoms with van der Waals surface area (Å²) in [5.74, 6) is -1.09. The highest BCUT2D eigenvalue weighted by Gasteiger charge is 2.20. The molecule has 0 saturated heterocycles. The van der Waals surface area contributed by atoms with Crippen LogP contribution in [-0.4, -0.2) is 27.9 Å². The van der Waals surface area contributed by atoms with Gasteiger partial charge >= 0.3 is 5.97 Å². The summed E-state index contributed by atoms with van der Waals surface area (Å²) in [7, 11) is 0. The number of hydrogen-bond donors (Lipinski definition) is 1. The highest BCUT2D eigenvalue weighted by Crippen LogP contribution is 2.15. The number of aromatic nitrogens is 2. The number of carbonyl (C=O) groups excluding carboxylic acids is 2. The number of ether oxygens (including phenoxy) is 1. The molecule has 0 aromatic carbocycles. The fraction of sp³-hybridized carbons (Fsp3) is 0.231. The Hall–Kier alpha value is -1.99. The number of carbonyl (C=O) groups is 2. The first-order chi connectivity index (χ1) is 9.95. The van der Waals surface area contributed by atoms with Gasteiger partial charge in [0, 0.05) is 11.6 Å². The average molecular weight is 326 g/mol. The smallest absolute Gasteiger partial charge is 0.339 e. The number of aryl methyl sites for hydroxylation is 1. The van der Waals surface area contributed by atoms with Gasteiger partial charge < -0.3 is 4.74 Å². The summed E-state index contributed by atoms with van der Waals surface area (Å²) in [5, 5.41) is 5.04. The molecule has 2 heterocycles. The summed E-state index contributed by atoms with van der Waals surface area (Å²) in [4.78, 5) is 31.6.